The molecule has 118 valence electrons. The van der Waals surface area contributed by atoms with E-state index < -0.39 is 0 Å². The fourth-order valence-electron chi connectivity index (χ4n) is 2.26. The molecule has 0 unspecified atom stereocenters. The summed E-state index contributed by atoms with van der Waals surface area (Å²) in [6.45, 7) is 4.31. The van der Waals surface area contributed by atoms with Gasteiger partial charge in [0.1, 0.15) is 12.1 Å². The van der Waals surface area contributed by atoms with E-state index in [9.17, 15) is 4.79 Å². The number of ether oxygens (including phenoxy) is 1. The van der Waals surface area contributed by atoms with Gasteiger partial charge in [-0.2, -0.15) is 5.10 Å². The van der Waals surface area contributed by atoms with Crippen LogP contribution in [0.2, 0.25) is 0 Å². The standard InChI is InChI=1S/C17H18N4O2/c1-12(2)23-15-8-6-13(7-9-15)17(22)18-10-14-4-3-5-16-19-11-20-21(14)16/h3-9,11-12H,10H2,1-2H3,(H,18,22). The van der Waals surface area contributed by atoms with Crippen LogP contribution in [0, 0.1) is 0 Å². The molecule has 0 aliphatic heterocycles. The Bertz CT molecular complexity index is 809. The van der Waals surface area contributed by atoms with Crippen LogP contribution in [0.1, 0.15) is 29.9 Å². The van der Waals surface area contributed by atoms with Crippen molar-refractivity contribution >= 4 is 11.6 Å². The first-order chi connectivity index (χ1) is 11.1. The number of hydrogen-bond acceptors (Lipinski definition) is 4. The van der Waals surface area contributed by atoms with Gasteiger partial charge in [-0.05, 0) is 50.2 Å². The van der Waals surface area contributed by atoms with Gasteiger partial charge in [0, 0.05) is 5.56 Å². The topological polar surface area (TPSA) is 68.5 Å². The molecule has 0 saturated heterocycles. The molecule has 0 atom stereocenters. The summed E-state index contributed by atoms with van der Waals surface area (Å²) in [5.41, 5.74) is 2.21. The van der Waals surface area contributed by atoms with Crippen molar-refractivity contribution in [2.24, 2.45) is 0 Å². The monoisotopic (exact) mass is 310 g/mol. The number of amides is 1. The first-order valence-electron chi connectivity index (χ1n) is 7.46. The number of benzene rings is 1. The predicted octanol–water partition coefficient (Wildman–Crippen LogP) is 2.45. The summed E-state index contributed by atoms with van der Waals surface area (Å²) in [5.74, 6) is 0.613. The maximum atomic E-state index is 12.2. The van der Waals surface area contributed by atoms with Crippen LogP contribution in [0.4, 0.5) is 0 Å². The van der Waals surface area contributed by atoms with Crippen molar-refractivity contribution in [3.05, 3.63) is 60.0 Å². The normalized spacial score (nSPS) is 10.9. The number of aromatic nitrogens is 3. The molecule has 23 heavy (non-hydrogen) atoms. The van der Waals surface area contributed by atoms with Gasteiger partial charge in [-0.25, -0.2) is 9.50 Å². The van der Waals surface area contributed by atoms with E-state index in [-0.39, 0.29) is 12.0 Å². The molecule has 0 aliphatic rings. The Morgan fingerprint density at radius 2 is 2.00 bits per heavy atom. The average Bonchev–Trinajstić information content (AvgIpc) is 3.02. The SMILES string of the molecule is CC(C)Oc1ccc(C(=O)NCc2cccc3ncnn23)cc1. The van der Waals surface area contributed by atoms with Gasteiger partial charge in [-0.3, -0.25) is 4.79 Å². The highest BCUT2D eigenvalue weighted by Crippen LogP contribution is 2.14. The molecular formula is C17H18N4O2. The van der Waals surface area contributed by atoms with Gasteiger partial charge in [-0.1, -0.05) is 6.07 Å². The van der Waals surface area contributed by atoms with Crippen LogP contribution < -0.4 is 10.1 Å². The number of carbonyl (C=O) groups excluding carboxylic acids is 1. The van der Waals surface area contributed by atoms with E-state index >= 15 is 0 Å². The molecule has 2 heterocycles. The van der Waals surface area contributed by atoms with E-state index in [0.29, 0.717) is 12.1 Å². The minimum Gasteiger partial charge on any atom is -0.491 e. The molecule has 0 saturated carbocycles. The molecule has 1 aromatic carbocycles. The van der Waals surface area contributed by atoms with Gasteiger partial charge in [0.25, 0.3) is 5.91 Å². The first kappa shape index (κ1) is 15.0. The summed E-state index contributed by atoms with van der Waals surface area (Å²) in [5, 5.41) is 7.04. The third kappa shape index (κ3) is 3.48. The second-order valence-corrected chi connectivity index (χ2v) is 5.42. The van der Waals surface area contributed by atoms with E-state index in [2.05, 4.69) is 15.4 Å². The highest BCUT2D eigenvalue weighted by Gasteiger charge is 2.08. The van der Waals surface area contributed by atoms with Crippen LogP contribution in [0.5, 0.6) is 5.75 Å². The van der Waals surface area contributed by atoms with Crippen LogP contribution in [-0.2, 0) is 6.54 Å². The number of carbonyl (C=O) groups is 1. The Balaban J connectivity index is 1.66. The van der Waals surface area contributed by atoms with Crippen molar-refractivity contribution in [1.82, 2.24) is 19.9 Å². The molecule has 6 nitrogen and oxygen atoms in total. The van der Waals surface area contributed by atoms with E-state index in [0.717, 1.165) is 17.1 Å². The molecule has 0 bridgehead atoms. The quantitative estimate of drug-likeness (QED) is 0.786. The van der Waals surface area contributed by atoms with Crippen molar-refractivity contribution in [3.8, 4) is 5.75 Å². The van der Waals surface area contributed by atoms with Crippen molar-refractivity contribution < 1.29 is 9.53 Å². The van der Waals surface area contributed by atoms with Gasteiger partial charge in [-0.15, -0.1) is 0 Å². The summed E-state index contributed by atoms with van der Waals surface area (Å²) >= 11 is 0. The second kappa shape index (κ2) is 6.48. The number of rotatable bonds is 5. The Morgan fingerprint density at radius 1 is 1.22 bits per heavy atom. The molecule has 3 rings (SSSR count). The molecule has 6 heteroatoms. The first-order valence-corrected chi connectivity index (χ1v) is 7.46. The fourth-order valence-corrected chi connectivity index (χ4v) is 2.26. The highest BCUT2D eigenvalue weighted by atomic mass is 16.5. The second-order valence-electron chi connectivity index (χ2n) is 5.42. The molecule has 0 spiro atoms. The van der Waals surface area contributed by atoms with Crippen molar-refractivity contribution in [1.29, 1.82) is 0 Å². The zero-order valence-corrected chi connectivity index (χ0v) is 13.1. The number of fused-ring (bicyclic) bond motifs is 1. The van der Waals surface area contributed by atoms with Crippen molar-refractivity contribution in [2.45, 2.75) is 26.5 Å². The molecular weight excluding hydrogens is 292 g/mol. The smallest absolute Gasteiger partial charge is 0.251 e. The summed E-state index contributed by atoms with van der Waals surface area (Å²) in [4.78, 5) is 16.4. The number of hydrogen-bond donors (Lipinski definition) is 1. The molecule has 3 aromatic rings. The minimum absolute atomic E-state index is 0.109. The van der Waals surface area contributed by atoms with Gasteiger partial charge in [0.2, 0.25) is 0 Å². The number of nitrogens with zero attached hydrogens (tertiary/aromatic N) is 3. The highest BCUT2D eigenvalue weighted by molar-refractivity contribution is 5.94. The summed E-state index contributed by atoms with van der Waals surface area (Å²) in [6, 6.07) is 12.8. The Morgan fingerprint density at radius 3 is 2.74 bits per heavy atom. The Kier molecular flexibility index (Phi) is 4.23. The van der Waals surface area contributed by atoms with Gasteiger partial charge >= 0.3 is 0 Å². The molecule has 0 aliphatic carbocycles. The maximum Gasteiger partial charge on any atom is 0.251 e. The van der Waals surface area contributed by atoms with Crippen LogP contribution in [0.3, 0.4) is 0 Å². The molecule has 2 aromatic heterocycles. The Labute approximate surface area is 134 Å². The molecule has 0 fully saturated rings. The van der Waals surface area contributed by atoms with Crippen LogP contribution >= 0.6 is 0 Å². The third-order valence-corrected chi connectivity index (χ3v) is 3.30. The lowest BCUT2D eigenvalue weighted by Crippen LogP contribution is -2.24. The zero-order valence-electron chi connectivity index (χ0n) is 13.1. The fraction of sp³-hybridized carbons (Fsp3) is 0.235. The van der Waals surface area contributed by atoms with E-state index in [4.69, 9.17) is 4.74 Å². The van der Waals surface area contributed by atoms with Gasteiger partial charge in [0.05, 0.1) is 18.3 Å². The van der Waals surface area contributed by atoms with E-state index in [1.54, 1.807) is 28.8 Å². The summed E-state index contributed by atoms with van der Waals surface area (Å²) in [7, 11) is 0. The van der Waals surface area contributed by atoms with Gasteiger partial charge in [0.15, 0.2) is 5.65 Å². The summed E-state index contributed by atoms with van der Waals surface area (Å²) < 4.78 is 7.28. The Hall–Kier alpha value is -2.89. The van der Waals surface area contributed by atoms with E-state index in [1.807, 2.05) is 32.0 Å². The van der Waals surface area contributed by atoms with Gasteiger partial charge < -0.3 is 10.1 Å². The average molecular weight is 310 g/mol. The molecule has 1 N–H and O–H groups in total. The lowest BCUT2D eigenvalue weighted by molar-refractivity contribution is 0.0950. The van der Waals surface area contributed by atoms with Crippen LogP contribution in [0.25, 0.3) is 5.65 Å². The summed E-state index contributed by atoms with van der Waals surface area (Å²) in [6.07, 6.45) is 1.60. The number of pyridine rings is 1. The lowest BCUT2D eigenvalue weighted by atomic mass is 10.2. The minimum atomic E-state index is -0.141. The van der Waals surface area contributed by atoms with E-state index in [1.165, 1.54) is 6.33 Å². The molecule has 1 amide bonds. The number of nitrogens with one attached hydrogen (secondary N) is 1. The zero-order chi connectivity index (χ0) is 16.2. The predicted molar refractivity (Wildman–Crippen MR) is 86.4 cm³/mol. The van der Waals surface area contributed by atoms with Crippen molar-refractivity contribution in [3.63, 3.8) is 0 Å². The maximum absolute atomic E-state index is 12.2. The molecule has 0 radical (unpaired) electrons. The largest absolute Gasteiger partial charge is 0.491 e. The van der Waals surface area contributed by atoms with Crippen molar-refractivity contribution in [2.75, 3.05) is 0 Å². The third-order valence-electron chi connectivity index (χ3n) is 3.30. The van der Waals surface area contributed by atoms with Crippen LogP contribution in [-0.4, -0.2) is 26.6 Å². The van der Waals surface area contributed by atoms with Crippen LogP contribution in [0.15, 0.2) is 48.8 Å². The lowest BCUT2D eigenvalue weighted by Gasteiger charge is -2.10.